The molecule has 3 atom stereocenters. The number of nitrogens with one attached hydrogen (secondary N) is 2. The molecule has 5 aliphatic rings. The van der Waals surface area contributed by atoms with Gasteiger partial charge in [-0.2, -0.15) is 0 Å². The number of nitrogens with two attached hydrogens (primary N) is 2. The van der Waals surface area contributed by atoms with Crippen molar-refractivity contribution in [3.8, 4) is 0 Å². The molecule has 19 heteroatoms. The fourth-order valence-electron chi connectivity index (χ4n) is 9.72. The van der Waals surface area contributed by atoms with Crippen LogP contribution in [0.2, 0.25) is 0 Å². The van der Waals surface area contributed by atoms with Crippen molar-refractivity contribution in [3.63, 3.8) is 0 Å². The molecule has 1 saturated carbocycles. The molecule has 1 aliphatic carbocycles. The quantitative estimate of drug-likeness (QED) is 0.104. The highest BCUT2D eigenvalue weighted by Crippen LogP contribution is 2.32. The van der Waals surface area contributed by atoms with Crippen molar-refractivity contribution >= 4 is 46.4 Å². The van der Waals surface area contributed by atoms with Crippen molar-refractivity contribution in [2.45, 2.75) is 88.4 Å². The van der Waals surface area contributed by atoms with Gasteiger partial charge in [0, 0.05) is 71.3 Å². The van der Waals surface area contributed by atoms with Gasteiger partial charge in [0.2, 0.25) is 11.8 Å². The molecule has 3 amide bonds. The number of carbonyl (C=O) groups is 3. The predicted molar refractivity (Wildman–Crippen MR) is 229 cm³/mol. The summed E-state index contributed by atoms with van der Waals surface area (Å²) in [6.45, 7) is 7.10. The number of para-hydroxylation sites is 1. The van der Waals surface area contributed by atoms with Gasteiger partial charge < -0.3 is 36.2 Å². The number of fused-ring (bicyclic) bond motifs is 3. The number of aromatic nitrogens is 4. The number of aryl methyl sites for hydroxylation is 2. The van der Waals surface area contributed by atoms with E-state index in [1.54, 1.807) is 17.7 Å². The van der Waals surface area contributed by atoms with Gasteiger partial charge in [-0.05, 0) is 81.5 Å². The molecule has 332 valence electrons. The average Bonchev–Trinajstić information content (AvgIpc) is 3.98. The van der Waals surface area contributed by atoms with Crippen LogP contribution in [0, 0.1) is 5.92 Å². The minimum absolute atomic E-state index is 0.0688. The van der Waals surface area contributed by atoms with Gasteiger partial charge in [-0.3, -0.25) is 33.8 Å². The van der Waals surface area contributed by atoms with Crippen LogP contribution in [0.1, 0.15) is 68.8 Å². The van der Waals surface area contributed by atoms with E-state index in [9.17, 15) is 28.0 Å². The Kier molecular flexibility index (Phi) is 13.1. The number of benzene rings is 1. The number of piperazine rings is 1. The number of piperidine rings is 1. The summed E-state index contributed by atoms with van der Waals surface area (Å²) in [6, 6.07) is 7.00. The van der Waals surface area contributed by atoms with Crippen molar-refractivity contribution in [1.29, 1.82) is 0 Å². The second-order valence-electron chi connectivity index (χ2n) is 17.1. The highest BCUT2D eigenvalue weighted by atomic mass is 19.3. The van der Waals surface area contributed by atoms with E-state index in [-0.39, 0.29) is 53.3 Å². The maximum Gasteiger partial charge on any atom is 0.329 e. The van der Waals surface area contributed by atoms with Gasteiger partial charge in [0.15, 0.2) is 5.82 Å². The second kappa shape index (κ2) is 18.8. The first-order valence-corrected chi connectivity index (χ1v) is 21.7. The number of hydrogen-bond acceptors (Lipinski definition) is 13. The number of amides is 3. The molecule has 3 aromatic rings. The molecule has 1 unspecified atom stereocenters. The predicted octanol–water partition coefficient (Wildman–Crippen LogP) is 1.82. The standard InChI is InChI=1S/C43H56F2N12O5/c1-53-38-27(4-2-6-33(38)57(43(53)61)34-11-12-36(58)52-42(34)60)5-3-15-54-16-18-55(19-17-54)23-26-7-9-28(10-8-26)49-22-32(37(47)39(44)45)50-41(59)31(21-46)40-48-14-13-35(51-40)56-24-30-20-29(56)25-62-30/h2,4,6,13-14,21-22,26,28-30,34,39H,3,5,7-12,15-20,23-25,46-47H2,1H3,(H,50,59)(H,52,58,60)/b31-21+,37-32+,49-22?/t26?,28?,29-,30-,34?/m1/s1. The Morgan fingerprint density at radius 3 is 2.55 bits per heavy atom. The molecule has 0 radical (unpaired) electrons. The normalized spacial score (nSPS) is 25.6. The van der Waals surface area contributed by atoms with Crippen LogP contribution in [-0.2, 0) is 32.6 Å². The van der Waals surface area contributed by atoms with Gasteiger partial charge in [-0.15, -0.1) is 0 Å². The van der Waals surface area contributed by atoms with Crippen LogP contribution in [0.25, 0.3) is 16.6 Å². The van der Waals surface area contributed by atoms with Crippen molar-refractivity contribution in [2.75, 3.05) is 57.3 Å². The van der Waals surface area contributed by atoms with Crippen molar-refractivity contribution in [1.82, 2.24) is 39.5 Å². The van der Waals surface area contributed by atoms with Crippen LogP contribution in [0.4, 0.5) is 14.6 Å². The minimum atomic E-state index is -3.01. The number of carbonyl (C=O) groups excluding carboxylic acids is 3. The van der Waals surface area contributed by atoms with Gasteiger partial charge in [0.1, 0.15) is 17.6 Å². The molecule has 1 aromatic carbocycles. The van der Waals surface area contributed by atoms with E-state index in [4.69, 9.17) is 16.2 Å². The zero-order valence-corrected chi connectivity index (χ0v) is 35.1. The molecule has 17 nitrogen and oxygen atoms in total. The van der Waals surface area contributed by atoms with Crippen molar-refractivity contribution in [3.05, 3.63) is 69.9 Å². The Morgan fingerprint density at radius 2 is 1.85 bits per heavy atom. The molecule has 6 N–H and O–H groups in total. The first-order chi connectivity index (χ1) is 30.0. The number of anilines is 1. The van der Waals surface area contributed by atoms with E-state index < -0.39 is 30.0 Å². The Bertz CT molecular complexity index is 2310. The summed E-state index contributed by atoms with van der Waals surface area (Å²) >= 11 is 0. The van der Waals surface area contributed by atoms with Gasteiger partial charge >= 0.3 is 5.69 Å². The number of ether oxygens (including phenoxy) is 1. The third-order valence-electron chi connectivity index (χ3n) is 13.1. The zero-order chi connectivity index (χ0) is 43.5. The monoisotopic (exact) mass is 858 g/mol. The largest absolute Gasteiger partial charge is 0.404 e. The first-order valence-electron chi connectivity index (χ1n) is 21.7. The van der Waals surface area contributed by atoms with Gasteiger partial charge in [0.25, 0.3) is 12.3 Å². The number of imidazole rings is 1. The summed E-state index contributed by atoms with van der Waals surface area (Å²) in [5.41, 5.74) is 12.8. The lowest BCUT2D eigenvalue weighted by Gasteiger charge is -2.37. The first kappa shape index (κ1) is 43.1. The number of aliphatic imine (C=N–C) groups is 1. The molecule has 4 saturated heterocycles. The molecule has 62 heavy (non-hydrogen) atoms. The maximum absolute atomic E-state index is 13.9. The second-order valence-corrected chi connectivity index (χ2v) is 17.1. The van der Waals surface area contributed by atoms with Crippen LogP contribution in [0.3, 0.4) is 0 Å². The lowest BCUT2D eigenvalue weighted by atomic mass is 9.86. The lowest BCUT2D eigenvalue weighted by Crippen LogP contribution is -2.48. The fourth-order valence-corrected chi connectivity index (χ4v) is 9.72. The maximum atomic E-state index is 13.9. The number of halogens is 2. The van der Waals surface area contributed by atoms with Gasteiger partial charge in [-0.1, -0.05) is 12.1 Å². The molecule has 8 rings (SSSR count). The van der Waals surface area contributed by atoms with Gasteiger partial charge in [0.05, 0.1) is 47.1 Å². The van der Waals surface area contributed by atoms with E-state index in [0.29, 0.717) is 36.8 Å². The Balaban J connectivity index is 0.787. The van der Waals surface area contributed by atoms with E-state index in [1.165, 1.54) is 17.0 Å². The zero-order valence-electron chi connectivity index (χ0n) is 35.1. The van der Waals surface area contributed by atoms with Crippen molar-refractivity contribution < 1.29 is 27.9 Å². The highest BCUT2D eigenvalue weighted by molar-refractivity contribution is 6.19. The summed E-state index contributed by atoms with van der Waals surface area (Å²) in [7, 11) is 1.74. The smallest absolute Gasteiger partial charge is 0.329 e. The highest BCUT2D eigenvalue weighted by Gasteiger charge is 2.40. The summed E-state index contributed by atoms with van der Waals surface area (Å²) in [5, 5.41) is 4.87. The van der Waals surface area contributed by atoms with Crippen LogP contribution in [-0.4, -0.2) is 130 Å². The number of alkyl halides is 2. The Hall–Kier alpha value is -5.53. The molecule has 0 spiro atoms. The van der Waals surface area contributed by atoms with Gasteiger partial charge in [-0.25, -0.2) is 23.5 Å². The summed E-state index contributed by atoms with van der Waals surface area (Å²) in [5.74, 6) is -0.307. The van der Waals surface area contributed by atoms with Crippen LogP contribution in [0.15, 0.2) is 57.8 Å². The number of allylic oxidation sites excluding steroid dienone is 2. The van der Waals surface area contributed by atoms with E-state index >= 15 is 0 Å². The molecule has 5 fully saturated rings. The summed E-state index contributed by atoms with van der Waals surface area (Å²) in [6.07, 6.45) is 7.60. The molecule has 4 aliphatic heterocycles. The lowest BCUT2D eigenvalue weighted by molar-refractivity contribution is -0.135. The topological polar surface area (TPSA) is 211 Å². The van der Waals surface area contributed by atoms with Crippen molar-refractivity contribution in [2.24, 2.45) is 29.4 Å². The molecule has 2 aromatic heterocycles. The van der Waals surface area contributed by atoms with E-state index in [2.05, 4.69) is 40.3 Å². The Morgan fingerprint density at radius 1 is 1.08 bits per heavy atom. The Labute approximate surface area is 358 Å². The SMILES string of the molecule is Cn1c(=O)n(C2CCC(=O)NC2=O)c2cccc(CCCN3CCN(CC4CCC(N=C/C(NC(=O)/C(=C/N)c5nccc(N6C[C@H]7C[C@@H]6CO7)n5)=C(\N)C(F)F)CC4)CC3)c21. The van der Waals surface area contributed by atoms with E-state index in [1.807, 2.05) is 18.2 Å². The molecule has 6 heterocycles. The molecule has 2 bridgehead atoms. The van der Waals surface area contributed by atoms with Crippen LogP contribution >= 0.6 is 0 Å². The summed E-state index contributed by atoms with van der Waals surface area (Å²) in [4.78, 5) is 71.6. The van der Waals surface area contributed by atoms with Crippen LogP contribution in [0.5, 0.6) is 0 Å². The minimum Gasteiger partial charge on any atom is -0.404 e. The molecular weight excluding hydrogens is 803 g/mol. The van der Waals surface area contributed by atoms with Crippen LogP contribution < -0.4 is 32.7 Å². The number of morpholine rings is 1. The average molecular weight is 859 g/mol. The number of rotatable bonds is 14. The number of nitrogens with zero attached hydrogens (tertiary/aromatic N) is 8. The number of imide groups is 1. The number of hydrogen-bond donors (Lipinski definition) is 4. The van der Waals surface area contributed by atoms with E-state index in [0.717, 1.165) is 101 Å². The third-order valence-corrected chi connectivity index (χ3v) is 13.1. The molecular formula is C43H56F2N12O5. The fraction of sp³-hybridized carbons (Fsp3) is 0.558. The summed E-state index contributed by atoms with van der Waals surface area (Å²) < 4.78 is 36.6. The third kappa shape index (κ3) is 9.29.